The third-order valence-corrected chi connectivity index (χ3v) is 13.3. The van der Waals surface area contributed by atoms with E-state index in [0.29, 0.717) is 32.3 Å². The van der Waals surface area contributed by atoms with Crippen LogP contribution in [0.1, 0.15) is 309 Å². The van der Waals surface area contributed by atoms with Gasteiger partial charge in [0.25, 0.3) is 0 Å². The van der Waals surface area contributed by atoms with E-state index in [9.17, 15) is 19.8 Å². The Kier molecular flexibility index (Phi) is 52.6. The molecular weight excluding hydrogens is 791 g/mol. The molecule has 6 nitrogen and oxygen atoms in total. The molecule has 1 amide bonds. The molecule has 6 heteroatoms. The lowest BCUT2D eigenvalue weighted by Crippen LogP contribution is -2.45. The largest absolute Gasteiger partial charge is 0.466 e. The molecule has 0 aliphatic carbocycles. The van der Waals surface area contributed by atoms with Crippen LogP contribution in [-0.4, -0.2) is 47.4 Å². The second kappa shape index (κ2) is 54.0. The van der Waals surface area contributed by atoms with Crippen LogP contribution in [0.2, 0.25) is 0 Å². The summed E-state index contributed by atoms with van der Waals surface area (Å²) in [6.07, 6.45) is 64.7. The van der Waals surface area contributed by atoms with Crippen molar-refractivity contribution in [2.75, 3.05) is 13.2 Å². The Morgan fingerprint density at radius 3 is 1.22 bits per heavy atom. The summed E-state index contributed by atoms with van der Waals surface area (Å²) in [4.78, 5) is 24.5. The van der Waals surface area contributed by atoms with Gasteiger partial charge in [-0.1, -0.05) is 276 Å². The number of carbonyl (C=O) groups excluding carboxylic acids is 2. The summed E-state index contributed by atoms with van der Waals surface area (Å²) in [5.74, 6) is -0.128. The molecule has 0 saturated heterocycles. The topological polar surface area (TPSA) is 95.9 Å². The van der Waals surface area contributed by atoms with E-state index in [1.165, 1.54) is 218 Å². The molecule has 64 heavy (non-hydrogen) atoms. The van der Waals surface area contributed by atoms with E-state index in [0.717, 1.165) is 51.4 Å². The van der Waals surface area contributed by atoms with Crippen LogP contribution in [0.4, 0.5) is 0 Å². The van der Waals surface area contributed by atoms with Gasteiger partial charge in [0.05, 0.1) is 25.4 Å². The first-order chi connectivity index (χ1) is 31.5. The van der Waals surface area contributed by atoms with Crippen molar-refractivity contribution in [3.05, 3.63) is 24.3 Å². The van der Waals surface area contributed by atoms with E-state index in [2.05, 4.69) is 37.4 Å². The third-order valence-electron chi connectivity index (χ3n) is 13.3. The number of carbonyl (C=O) groups is 2. The van der Waals surface area contributed by atoms with Crippen molar-refractivity contribution in [2.45, 2.75) is 321 Å². The average Bonchev–Trinajstić information content (AvgIpc) is 3.29. The molecular formula is C58H111NO5. The van der Waals surface area contributed by atoms with Crippen molar-refractivity contribution < 1.29 is 24.5 Å². The Balaban J connectivity index is 3.53. The van der Waals surface area contributed by atoms with Gasteiger partial charge in [-0.3, -0.25) is 9.59 Å². The van der Waals surface area contributed by atoms with Crippen LogP contribution in [-0.2, 0) is 14.3 Å². The minimum atomic E-state index is -0.699. The molecule has 0 aromatic carbocycles. The highest BCUT2D eigenvalue weighted by Gasteiger charge is 2.19. The van der Waals surface area contributed by atoms with Crippen LogP contribution in [0, 0.1) is 0 Å². The van der Waals surface area contributed by atoms with Crippen molar-refractivity contribution >= 4 is 11.9 Å². The molecule has 378 valence electrons. The summed E-state index contributed by atoms with van der Waals surface area (Å²) in [7, 11) is 0. The van der Waals surface area contributed by atoms with Gasteiger partial charge in [-0.2, -0.15) is 0 Å². The van der Waals surface area contributed by atoms with Crippen molar-refractivity contribution in [3.8, 4) is 0 Å². The summed E-state index contributed by atoms with van der Waals surface area (Å²) in [6, 6.07) is -0.585. The number of allylic oxidation sites excluding steroid dienone is 4. The smallest absolute Gasteiger partial charge is 0.305 e. The Hall–Kier alpha value is -1.66. The van der Waals surface area contributed by atoms with Crippen LogP contribution >= 0.6 is 0 Å². The van der Waals surface area contributed by atoms with Crippen molar-refractivity contribution in [3.63, 3.8) is 0 Å². The van der Waals surface area contributed by atoms with E-state index >= 15 is 0 Å². The molecule has 0 aliphatic heterocycles. The standard InChI is InChI=1S/C58H111NO5/c1-3-5-7-9-11-13-15-17-18-19-20-21-22-23-24-25-27-30-34-38-42-46-50-56(61)55(54-60)59-57(62)51-47-43-39-35-31-28-26-29-33-37-41-45-49-53-64-58(63)52-48-44-40-36-32-16-14-12-10-8-6-4-2/h28,31,39,43,55-56,60-61H,3-27,29-30,32-38,40-42,44-54H2,1-2H3,(H,59,62)/b31-28-,43-39-. The van der Waals surface area contributed by atoms with Gasteiger partial charge in [-0.05, 0) is 44.9 Å². The highest BCUT2D eigenvalue weighted by atomic mass is 16.5. The molecule has 2 unspecified atom stereocenters. The van der Waals surface area contributed by atoms with E-state index in [1.54, 1.807) is 0 Å². The predicted molar refractivity (Wildman–Crippen MR) is 278 cm³/mol. The number of esters is 1. The lowest BCUT2D eigenvalue weighted by molar-refractivity contribution is -0.143. The lowest BCUT2D eigenvalue weighted by Gasteiger charge is -2.22. The fourth-order valence-electron chi connectivity index (χ4n) is 8.87. The van der Waals surface area contributed by atoms with Crippen LogP contribution < -0.4 is 5.32 Å². The summed E-state index contributed by atoms with van der Waals surface area (Å²) >= 11 is 0. The molecule has 0 fully saturated rings. The highest BCUT2D eigenvalue weighted by Crippen LogP contribution is 2.17. The summed E-state index contributed by atoms with van der Waals surface area (Å²) in [5, 5.41) is 23.3. The lowest BCUT2D eigenvalue weighted by atomic mass is 10.0. The second-order valence-corrected chi connectivity index (χ2v) is 19.6. The number of nitrogens with one attached hydrogen (secondary N) is 1. The molecule has 0 aliphatic rings. The SMILES string of the molecule is CCCCCCCCCCCCCCCCCCCCCCCCC(O)C(CO)NC(=O)CC/C=C\C/C=C\CCCCCCCCOC(=O)CCCCCCCCCCCCCC. The first-order valence-electron chi connectivity index (χ1n) is 28.6. The monoisotopic (exact) mass is 902 g/mol. The van der Waals surface area contributed by atoms with Crippen molar-refractivity contribution in [2.24, 2.45) is 0 Å². The molecule has 0 heterocycles. The number of ether oxygens (including phenoxy) is 1. The fourth-order valence-corrected chi connectivity index (χ4v) is 8.87. The van der Waals surface area contributed by atoms with Gasteiger partial charge in [-0.15, -0.1) is 0 Å². The van der Waals surface area contributed by atoms with Crippen molar-refractivity contribution in [1.82, 2.24) is 5.32 Å². The van der Waals surface area contributed by atoms with Gasteiger partial charge < -0.3 is 20.3 Å². The molecule has 3 N–H and O–H groups in total. The number of rotatable bonds is 53. The van der Waals surface area contributed by atoms with Gasteiger partial charge in [0.2, 0.25) is 5.91 Å². The minimum Gasteiger partial charge on any atom is -0.466 e. The number of aliphatic hydroxyl groups excluding tert-OH is 2. The molecule has 0 radical (unpaired) electrons. The third kappa shape index (κ3) is 49.8. The van der Waals surface area contributed by atoms with E-state index in [1.807, 2.05) is 6.08 Å². The average molecular weight is 903 g/mol. The van der Waals surface area contributed by atoms with Crippen LogP contribution in [0.3, 0.4) is 0 Å². The normalized spacial score (nSPS) is 12.8. The maximum Gasteiger partial charge on any atom is 0.305 e. The zero-order valence-corrected chi connectivity index (χ0v) is 43.0. The van der Waals surface area contributed by atoms with Gasteiger partial charge in [-0.25, -0.2) is 0 Å². The number of hydrogen-bond donors (Lipinski definition) is 3. The van der Waals surface area contributed by atoms with E-state index in [4.69, 9.17) is 4.74 Å². The van der Waals surface area contributed by atoms with Gasteiger partial charge >= 0.3 is 5.97 Å². The fraction of sp³-hybridized carbons (Fsp3) is 0.897. The maximum absolute atomic E-state index is 12.5. The Morgan fingerprint density at radius 2 is 0.797 bits per heavy atom. The molecule has 0 spiro atoms. The van der Waals surface area contributed by atoms with Crippen LogP contribution in [0.25, 0.3) is 0 Å². The van der Waals surface area contributed by atoms with Crippen LogP contribution in [0.5, 0.6) is 0 Å². The summed E-state index contributed by atoms with van der Waals surface area (Å²) < 4.78 is 5.45. The molecule has 0 rings (SSSR count). The maximum atomic E-state index is 12.5. The Bertz CT molecular complexity index is 997. The predicted octanol–water partition coefficient (Wildman–Crippen LogP) is 17.5. The summed E-state index contributed by atoms with van der Waals surface area (Å²) in [5.41, 5.74) is 0. The zero-order chi connectivity index (χ0) is 46.5. The van der Waals surface area contributed by atoms with E-state index in [-0.39, 0.29) is 18.5 Å². The van der Waals surface area contributed by atoms with Gasteiger partial charge in [0, 0.05) is 12.8 Å². The summed E-state index contributed by atoms with van der Waals surface area (Å²) in [6.45, 7) is 4.90. The first-order valence-corrected chi connectivity index (χ1v) is 28.6. The number of amides is 1. The molecule has 0 saturated carbocycles. The molecule has 0 bridgehead atoms. The van der Waals surface area contributed by atoms with Gasteiger partial charge in [0.15, 0.2) is 0 Å². The first kappa shape index (κ1) is 62.3. The van der Waals surface area contributed by atoms with E-state index < -0.39 is 12.1 Å². The Morgan fingerprint density at radius 1 is 0.438 bits per heavy atom. The highest BCUT2D eigenvalue weighted by molar-refractivity contribution is 5.76. The number of aliphatic hydroxyl groups is 2. The quantitative estimate of drug-likeness (QED) is 0.0321. The minimum absolute atomic E-state index is 0.0157. The molecule has 0 aromatic heterocycles. The second-order valence-electron chi connectivity index (χ2n) is 19.6. The number of hydrogen-bond acceptors (Lipinski definition) is 5. The number of unbranched alkanes of at least 4 members (excludes halogenated alkanes) is 38. The Labute approximate surface area is 399 Å². The molecule has 0 aromatic rings. The zero-order valence-electron chi connectivity index (χ0n) is 43.0. The molecule has 2 atom stereocenters. The van der Waals surface area contributed by atoms with Crippen LogP contribution in [0.15, 0.2) is 24.3 Å². The van der Waals surface area contributed by atoms with Crippen molar-refractivity contribution in [1.29, 1.82) is 0 Å². The van der Waals surface area contributed by atoms with Gasteiger partial charge in [0.1, 0.15) is 0 Å².